The molecular formula is C22H29N5O4S. The SMILES string of the molecule is Cc1noc(C)c1S(=O)(=O)NCCCN1CC2CN(Cc3ccc(C#N)cc3)CC(C1)O2. The molecule has 9 nitrogen and oxygen atoms in total. The Kier molecular flexibility index (Phi) is 6.93. The smallest absolute Gasteiger partial charge is 0.245 e. The molecule has 2 fully saturated rings. The highest BCUT2D eigenvalue weighted by atomic mass is 32.2. The van der Waals surface area contributed by atoms with Gasteiger partial charge in [0.05, 0.1) is 23.8 Å². The van der Waals surface area contributed by atoms with Crippen molar-refractivity contribution in [1.29, 1.82) is 5.26 Å². The number of nitrogens with one attached hydrogen (secondary N) is 1. The van der Waals surface area contributed by atoms with Crippen LogP contribution in [-0.4, -0.2) is 74.9 Å². The molecule has 1 N–H and O–H groups in total. The third-order valence-corrected chi connectivity index (χ3v) is 7.61. The van der Waals surface area contributed by atoms with Gasteiger partial charge in [0.1, 0.15) is 10.6 Å². The summed E-state index contributed by atoms with van der Waals surface area (Å²) < 4.78 is 38.8. The standard InChI is InChI=1S/C22H29N5O4S/c1-16-22(17(2)31-25-16)32(28,29)24-8-3-9-26-12-20-14-27(15-21(13-26)30-20)11-19-6-4-18(10-23)5-7-19/h4-7,20-21,24H,3,8-9,11-15H2,1-2H3. The Labute approximate surface area is 189 Å². The predicted molar refractivity (Wildman–Crippen MR) is 117 cm³/mol. The molecule has 0 spiro atoms. The van der Waals surface area contributed by atoms with E-state index in [1.807, 2.05) is 24.3 Å². The van der Waals surface area contributed by atoms with Gasteiger partial charge in [-0.1, -0.05) is 17.3 Å². The summed E-state index contributed by atoms with van der Waals surface area (Å²) in [7, 11) is -3.61. The quantitative estimate of drug-likeness (QED) is 0.590. The molecule has 0 amide bonds. The van der Waals surface area contributed by atoms with Crippen LogP contribution in [0.15, 0.2) is 33.7 Å². The van der Waals surface area contributed by atoms with Crippen molar-refractivity contribution < 1.29 is 17.7 Å². The van der Waals surface area contributed by atoms with Crippen LogP contribution < -0.4 is 4.72 Å². The summed E-state index contributed by atoms with van der Waals surface area (Å²) in [6.07, 6.45) is 1.02. The fraction of sp³-hybridized carbons (Fsp3) is 0.545. The minimum atomic E-state index is -3.61. The predicted octanol–water partition coefficient (Wildman–Crippen LogP) is 1.42. The molecule has 2 aromatic rings. The first-order valence-electron chi connectivity index (χ1n) is 10.9. The fourth-order valence-electron chi connectivity index (χ4n) is 4.55. The van der Waals surface area contributed by atoms with E-state index in [0.717, 1.165) is 45.7 Å². The number of sulfonamides is 1. The monoisotopic (exact) mass is 459 g/mol. The molecule has 2 aliphatic heterocycles. The maximum atomic E-state index is 12.5. The van der Waals surface area contributed by atoms with Crippen LogP contribution in [0.1, 0.15) is 29.0 Å². The van der Waals surface area contributed by atoms with Gasteiger partial charge in [-0.15, -0.1) is 0 Å². The number of aryl methyl sites for hydroxylation is 2. The second kappa shape index (κ2) is 9.68. The number of rotatable bonds is 8. The molecule has 0 radical (unpaired) electrons. The Morgan fingerprint density at radius 3 is 2.38 bits per heavy atom. The van der Waals surface area contributed by atoms with Crippen molar-refractivity contribution in [2.45, 2.75) is 43.9 Å². The normalized spacial score (nSPS) is 22.0. The van der Waals surface area contributed by atoms with Crippen LogP contribution in [0, 0.1) is 25.2 Å². The van der Waals surface area contributed by atoms with E-state index in [9.17, 15) is 8.42 Å². The number of aromatic nitrogens is 1. The Morgan fingerprint density at radius 2 is 1.78 bits per heavy atom. The number of hydrogen-bond donors (Lipinski definition) is 1. The van der Waals surface area contributed by atoms with Crippen LogP contribution in [0.25, 0.3) is 0 Å². The highest BCUT2D eigenvalue weighted by Gasteiger charge is 2.34. The van der Waals surface area contributed by atoms with Crippen molar-refractivity contribution in [3.8, 4) is 6.07 Å². The van der Waals surface area contributed by atoms with Crippen molar-refractivity contribution in [2.75, 3.05) is 39.3 Å². The molecule has 0 saturated carbocycles. The van der Waals surface area contributed by atoms with Gasteiger partial charge in [-0.3, -0.25) is 9.80 Å². The zero-order chi connectivity index (χ0) is 22.7. The third-order valence-electron chi connectivity index (χ3n) is 5.90. The molecule has 0 aliphatic carbocycles. The first kappa shape index (κ1) is 22.9. The maximum absolute atomic E-state index is 12.5. The van der Waals surface area contributed by atoms with Crippen molar-refractivity contribution in [2.24, 2.45) is 0 Å². The molecule has 1 aromatic heterocycles. The van der Waals surface area contributed by atoms with Crippen LogP contribution in [0.4, 0.5) is 0 Å². The van der Waals surface area contributed by atoms with Gasteiger partial charge in [0, 0.05) is 39.3 Å². The van der Waals surface area contributed by atoms with Crippen molar-refractivity contribution in [3.63, 3.8) is 0 Å². The number of fused-ring (bicyclic) bond motifs is 2. The summed E-state index contributed by atoms with van der Waals surface area (Å²) in [5, 5.41) is 12.7. The lowest BCUT2D eigenvalue weighted by Gasteiger charge is -2.46. The van der Waals surface area contributed by atoms with E-state index in [4.69, 9.17) is 14.5 Å². The number of morpholine rings is 2. The zero-order valence-corrected chi connectivity index (χ0v) is 19.3. The van der Waals surface area contributed by atoms with Crippen molar-refractivity contribution in [1.82, 2.24) is 19.7 Å². The topological polar surface area (TPSA) is 112 Å². The van der Waals surface area contributed by atoms with Crippen LogP contribution in [0.3, 0.4) is 0 Å². The number of nitrogens with zero attached hydrogens (tertiary/aromatic N) is 4. The largest absolute Gasteiger partial charge is 0.370 e. The van der Waals surface area contributed by atoms with E-state index in [-0.39, 0.29) is 17.1 Å². The van der Waals surface area contributed by atoms with Gasteiger partial charge >= 0.3 is 0 Å². The zero-order valence-electron chi connectivity index (χ0n) is 18.5. The van der Waals surface area contributed by atoms with Crippen LogP contribution in [0.2, 0.25) is 0 Å². The van der Waals surface area contributed by atoms with Gasteiger partial charge in [0.15, 0.2) is 5.76 Å². The molecule has 2 unspecified atom stereocenters. The Morgan fingerprint density at radius 1 is 1.12 bits per heavy atom. The third kappa shape index (κ3) is 5.36. The van der Waals surface area contributed by atoms with Crippen LogP contribution >= 0.6 is 0 Å². The second-order valence-electron chi connectivity index (χ2n) is 8.55. The molecule has 1 aromatic carbocycles. The summed E-state index contributed by atoms with van der Waals surface area (Å²) in [6, 6.07) is 9.90. The van der Waals surface area contributed by atoms with Gasteiger partial charge in [0.2, 0.25) is 10.0 Å². The average molecular weight is 460 g/mol. The number of nitriles is 1. The van der Waals surface area contributed by atoms with Gasteiger partial charge in [-0.05, 0) is 44.5 Å². The molecule has 2 bridgehead atoms. The lowest BCUT2D eigenvalue weighted by Crippen LogP contribution is -2.59. The molecule has 32 heavy (non-hydrogen) atoms. The second-order valence-corrected chi connectivity index (χ2v) is 10.3. The van der Waals surface area contributed by atoms with E-state index in [0.29, 0.717) is 23.6 Å². The Bertz CT molecular complexity index is 1040. The summed E-state index contributed by atoms with van der Waals surface area (Å²) in [4.78, 5) is 4.91. The van der Waals surface area contributed by atoms with Crippen molar-refractivity contribution >= 4 is 10.0 Å². The summed E-state index contributed by atoms with van der Waals surface area (Å²) in [5.74, 6) is 0.307. The van der Waals surface area contributed by atoms with Crippen LogP contribution in [0.5, 0.6) is 0 Å². The van der Waals surface area contributed by atoms with E-state index in [2.05, 4.69) is 25.7 Å². The van der Waals surface area contributed by atoms with E-state index in [1.165, 1.54) is 5.56 Å². The average Bonchev–Trinajstić information content (AvgIpc) is 3.10. The Balaban J connectivity index is 1.22. The number of ether oxygens (including phenoxy) is 1. The summed E-state index contributed by atoms with van der Waals surface area (Å²) >= 11 is 0. The highest BCUT2D eigenvalue weighted by molar-refractivity contribution is 7.89. The van der Waals surface area contributed by atoms with Gasteiger partial charge in [0.25, 0.3) is 0 Å². The summed E-state index contributed by atoms with van der Waals surface area (Å²) in [6.45, 7) is 8.69. The first-order chi connectivity index (χ1) is 15.3. The van der Waals surface area contributed by atoms with E-state index >= 15 is 0 Å². The minimum Gasteiger partial charge on any atom is -0.370 e. The molecule has 2 saturated heterocycles. The lowest BCUT2D eigenvalue weighted by atomic mass is 10.1. The Hall–Kier alpha value is -2.29. The van der Waals surface area contributed by atoms with E-state index < -0.39 is 10.0 Å². The minimum absolute atomic E-state index is 0.140. The highest BCUT2D eigenvalue weighted by Crippen LogP contribution is 2.21. The van der Waals surface area contributed by atoms with Crippen molar-refractivity contribution in [3.05, 3.63) is 46.8 Å². The maximum Gasteiger partial charge on any atom is 0.245 e. The number of benzene rings is 1. The van der Waals surface area contributed by atoms with Crippen LogP contribution in [-0.2, 0) is 21.3 Å². The molecule has 2 atom stereocenters. The molecule has 3 heterocycles. The van der Waals surface area contributed by atoms with Gasteiger partial charge < -0.3 is 9.26 Å². The fourth-order valence-corrected chi connectivity index (χ4v) is 5.95. The molecular weight excluding hydrogens is 430 g/mol. The van der Waals surface area contributed by atoms with Gasteiger partial charge in [-0.25, -0.2) is 13.1 Å². The van der Waals surface area contributed by atoms with Gasteiger partial charge in [-0.2, -0.15) is 5.26 Å². The summed E-state index contributed by atoms with van der Waals surface area (Å²) in [5.41, 5.74) is 2.25. The lowest BCUT2D eigenvalue weighted by molar-refractivity contribution is -0.140. The number of hydrogen-bond acceptors (Lipinski definition) is 8. The molecule has 4 rings (SSSR count). The molecule has 172 valence electrons. The first-order valence-corrected chi connectivity index (χ1v) is 12.3. The molecule has 10 heteroatoms. The van der Waals surface area contributed by atoms with E-state index in [1.54, 1.807) is 13.8 Å². The molecule has 2 aliphatic rings.